The number of benzene rings is 2. The number of carbonyl (C=O) groups excluding carboxylic acids is 1. The lowest BCUT2D eigenvalue weighted by atomic mass is 10.1. The molecule has 0 aliphatic carbocycles. The summed E-state index contributed by atoms with van der Waals surface area (Å²) in [5, 5.41) is 15.3. The minimum Gasteiger partial charge on any atom is -0.484 e. The highest BCUT2D eigenvalue weighted by Gasteiger charge is 2.13. The molecule has 0 fully saturated rings. The molecule has 1 amide bonds. The quantitative estimate of drug-likeness (QED) is 0.330. The first-order valence-electron chi connectivity index (χ1n) is 8.17. The van der Waals surface area contributed by atoms with Crippen LogP contribution in [0.15, 0.2) is 64.1 Å². The van der Waals surface area contributed by atoms with Crippen molar-refractivity contribution in [3.8, 4) is 17.1 Å². The monoisotopic (exact) mass is 433 g/mol. The third-order valence-corrected chi connectivity index (χ3v) is 4.19. The van der Waals surface area contributed by atoms with Gasteiger partial charge in [-0.25, -0.2) is 5.43 Å². The second-order valence-corrected chi connectivity index (χ2v) is 6.50. The van der Waals surface area contributed by atoms with Crippen molar-refractivity contribution < 1.29 is 18.9 Å². The van der Waals surface area contributed by atoms with Gasteiger partial charge in [0.05, 0.1) is 16.2 Å². The maximum absolute atomic E-state index is 11.8. The standard InChI is InChI=1S/C19H13Cl2N3O5/c20-12-1-4-14(5-2-12)28-11-19(25)23-22-10-15-6-8-18(29-15)16-7-3-13(24(26)27)9-17(16)21/h1-10H,11H2,(H,23,25). The SMILES string of the molecule is O=C(COc1ccc(Cl)cc1)NN=Cc1ccc(-c2ccc([N+](=O)[O-])cc2Cl)o1. The van der Waals surface area contributed by atoms with E-state index in [2.05, 4.69) is 10.5 Å². The molecular weight excluding hydrogens is 421 g/mol. The predicted molar refractivity (Wildman–Crippen MR) is 108 cm³/mol. The van der Waals surface area contributed by atoms with Gasteiger partial charge in [0, 0.05) is 22.7 Å². The number of nitrogens with one attached hydrogen (secondary N) is 1. The Hall–Kier alpha value is -3.36. The highest BCUT2D eigenvalue weighted by atomic mass is 35.5. The number of ether oxygens (including phenoxy) is 1. The number of amides is 1. The van der Waals surface area contributed by atoms with Crippen LogP contribution in [0.2, 0.25) is 10.0 Å². The van der Waals surface area contributed by atoms with E-state index in [9.17, 15) is 14.9 Å². The van der Waals surface area contributed by atoms with E-state index in [0.717, 1.165) is 0 Å². The first kappa shape index (κ1) is 20.4. The first-order chi connectivity index (χ1) is 13.9. The minimum absolute atomic E-state index is 0.115. The highest BCUT2D eigenvalue weighted by Crippen LogP contribution is 2.32. The van der Waals surface area contributed by atoms with Gasteiger partial charge in [-0.05, 0) is 42.5 Å². The fourth-order valence-electron chi connectivity index (χ4n) is 2.26. The van der Waals surface area contributed by atoms with E-state index in [0.29, 0.717) is 27.9 Å². The van der Waals surface area contributed by atoms with Crippen molar-refractivity contribution in [3.05, 3.63) is 80.5 Å². The summed E-state index contributed by atoms with van der Waals surface area (Å²) in [6.45, 7) is -0.221. The number of furan rings is 1. The van der Waals surface area contributed by atoms with E-state index >= 15 is 0 Å². The number of hydrazone groups is 1. The summed E-state index contributed by atoms with van der Waals surface area (Å²) >= 11 is 11.9. The minimum atomic E-state index is -0.533. The number of rotatable bonds is 7. The van der Waals surface area contributed by atoms with E-state index in [1.807, 2.05) is 0 Å². The zero-order chi connectivity index (χ0) is 20.8. The van der Waals surface area contributed by atoms with Crippen LogP contribution in [0, 0.1) is 10.1 Å². The number of nitro groups is 1. The molecule has 148 valence electrons. The van der Waals surface area contributed by atoms with Crippen molar-refractivity contribution >= 4 is 41.0 Å². The molecule has 0 radical (unpaired) electrons. The van der Waals surface area contributed by atoms with E-state index < -0.39 is 10.8 Å². The molecule has 0 aliphatic heterocycles. The van der Waals surface area contributed by atoms with Crippen molar-refractivity contribution in [1.82, 2.24) is 5.43 Å². The summed E-state index contributed by atoms with van der Waals surface area (Å²) < 4.78 is 10.9. The van der Waals surface area contributed by atoms with Crippen molar-refractivity contribution in [1.29, 1.82) is 0 Å². The number of hydrogen-bond acceptors (Lipinski definition) is 6. The molecule has 1 heterocycles. The van der Waals surface area contributed by atoms with Crippen LogP contribution in [0.5, 0.6) is 5.75 Å². The second-order valence-electron chi connectivity index (χ2n) is 5.66. The number of carbonyl (C=O) groups is 1. The summed E-state index contributed by atoms with van der Waals surface area (Å²) in [6.07, 6.45) is 1.31. The van der Waals surface area contributed by atoms with E-state index in [1.54, 1.807) is 36.4 Å². The lowest BCUT2D eigenvalue weighted by Crippen LogP contribution is -2.24. The van der Waals surface area contributed by atoms with Crippen molar-refractivity contribution in [2.45, 2.75) is 0 Å². The van der Waals surface area contributed by atoms with Gasteiger partial charge in [0.15, 0.2) is 6.61 Å². The van der Waals surface area contributed by atoms with Crippen molar-refractivity contribution in [2.24, 2.45) is 5.10 Å². The topological polar surface area (TPSA) is 107 Å². The van der Waals surface area contributed by atoms with Gasteiger partial charge >= 0.3 is 0 Å². The molecule has 29 heavy (non-hydrogen) atoms. The maximum Gasteiger partial charge on any atom is 0.277 e. The molecule has 0 spiro atoms. The van der Waals surface area contributed by atoms with Gasteiger partial charge in [-0.15, -0.1) is 0 Å². The molecular formula is C19H13Cl2N3O5. The van der Waals surface area contributed by atoms with Crippen LogP contribution in [0.25, 0.3) is 11.3 Å². The Bertz CT molecular complexity index is 1060. The number of nitrogens with zero attached hydrogens (tertiary/aromatic N) is 2. The number of hydrogen-bond donors (Lipinski definition) is 1. The predicted octanol–water partition coefficient (Wildman–Crippen LogP) is 4.69. The first-order valence-corrected chi connectivity index (χ1v) is 8.92. The Balaban J connectivity index is 1.55. The van der Waals surface area contributed by atoms with Crippen LogP contribution in [0.1, 0.15) is 5.76 Å². The average molecular weight is 434 g/mol. The number of non-ortho nitro benzene ring substituents is 1. The molecule has 10 heteroatoms. The molecule has 0 atom stereocenters. The van der Waals surface area contributed by atoms with Gasteiger partial charge in [0.1, 0.15) is 17.3 Å². The Morgan fingerprint density at radius 2 is 1.93 bits per heavy atom. The van der Waals surface area contributed by atoms with Gasteiger partial charge in [-0.2, -0.15) is 5.10 Å². The normalized spacial score (nSPS) is 10.8. The molecule has 0 unspecified atom stereocenters. The Morgan fingerprint density at radius 1 is 1.17 bits per heavy atom. The summed E-state index contributed by atoms with van der Waals surface area (Å²) in [6, 6.07) is 13.9. The average Bonchev–Trinajstić information content (AvgIpc) is 3.16. The lowest BCUT2D eigenvalue weighted by molar-refractivity contribution is -0.384. The Morgan fingerprint density at radius 3 is 2.62 bits per heavy atom. The van der Waals surface area contributed by atoms with Gasteiger partial charge in [-0.1, -0.05) is 23.2 Å². The molecule has 0 aliphatic rings. The Labute approximate surface area is 174 Å². The number of halogens is 2. The van der Waals surface area contributed by atoms with Crippen LogP contribution < -0.4 is 10.2 Å². The Kier molecular flexibility index (Phi) is 6.48. The van der Waals surface area contributed by atoms with E-state index in [4.69, 9.17) is 32.4 Å². The summed E-state index contributed by atoms with van der Waals surface area (Å²) in [7, 11) is 0. The third kappa shape index (κ3) is 5.56. The van der Waals surface area contributed by atoms with Crippen LogP contribution in [0.4, 0.5) is 5.69 Å². The zero-order valence-corrected chi connectivity index (χ0v) is 16.2. The van der Waals surface area contributed by atoms with Crippen molar-refractivity contribution in [2.75, 3.05) is 6.61 Å². The molecule has 1 N–H and O–H groups in total. The van der Waals surface area contributed by atoms with Crippen LogP contribution >= 0.6 is 23.2 Å². The molecule has 0 saturated heterocycles. The largest absolute Gasteiger partial charge is 0.484 e. The summed E-state index contributed by atoms with van der Waals surface area (Å²) in [4.78, 5) is 22.0. The van der Waals surface area contributed by atoms with E-state index in [-0.39, 0.29) is 17.3 Å². The second kappa shape index (κ2) is 9.22. The fourth-order valence-corrected chi connectivity index (χ4v) is 2.66. The molecule has 1 aromatic heterocycles. The van der Waals surface area contributed by atoms with Crippen LogP contribution in [-0.4, -0.2) is 23.7 Å². The fraction of sp³-hybridized carbons (Fsp3) is 0.0526. The van der Waals surface area contributed by atoms with Crippen LogP contribution in [-0.2, 0) is 4.79 Å². The summed E-state index contributed by atoms with van der Waals surface area (Å²) in [5.41, 5.74) is 2.69. The molecule has 2 aromatic carbocycles. The molecule has 0 bridgehead atoms. The van der Waals surface area contributed by atoms with Gasteiger partial charge in [0.2, 0.25) is 0 Å². The molecule has 3 rings (SSSR count). The number of nitro benzene ring substituents is 1. The molecule has 8 nitrogen and oxygen atoms in total. The third-order valence-electron chi connectivity index (χ3n) is 3.62. The summed E-state index contributed by atoms with van der Waals surface area (Å²) in [5.74, 6) is 0.808. The molecule has 3 aromatic rings. The zero-order valence-electron chi connectivity index (χ0n) is 14.7. The highest BCUT2D eigenvalue weighted by molar-refractivity contribution is 6.33. The smallest absolute Gasteiger partial charge is 0.277 e. The van der Waals surface area contributed by atoms with Crippen LogP contribution in [0.3, 0.4) is 0 Å². The van der Waals surface area contributed by atoms with E-state index in [1.165, 1.54) is 24.4 Å². The van der Waals surface area contributed by atoms with Gasteiger partial charge < -0.3 is 9.15 Å². The maximum atomic E-state index is 11.8. The lowest BCUT2D eigenvalue weighted by Gasteiger charge is -2.04. The van der Waals surface area contributed by atoms with Gasteiger partial charge in [-0.3, -0.25) is 14.9 Å². The molecule has 0 saturated carbocycles. The van der Waals surface area contributed by atoms with Gasteiger partial charge in [0.25, 0.3) is 11.6 Å². The van der Waals surface area contributed by atoms with Crippen molar-refractivity contribution in [3.63, 3.8) is 0 Å².